The SMILES string of the molecule is C1=Cc2nc1nc1ccc([n-]1)c(-c1ccccc1)c1nc(nc3ccc([n-]3)c2-c2ccccc2)C=C1.[Fe]. The Labute approximate surface area is 223 Å². The average molecular weight is 518 g/mol. The molecule has 0 amide bonds. The number of rotatable bonds is 2. The van der Waals surface area contributed by atoms with E-state index in [2.05, 4.69) is 24.3 Å². The first-order chi connectivity index (χ1) is 17.8. The molecule has 178 valence electrons. The first-order valence-corrected chi connectivity index (χ1v) is 11.6. The van der Waals surface area contributed by atoms with Crippen LogP contribution in [-0.4, -0.2) is 19.9 Å². The Bertz CT molecular complexity index is 1700. The fraction of sp³-hybridized carbons (Fsp3) is 0. The van der Waals surface area contributed by atoms with Gasteiger partial charge in [-0.15, -0.1) is 0 Å². The molecule has 7 heteroatoms. The summed E-state index contributed by atoms with van der Waals surface area (Å²) in [6.07, 6.45) is 7.76. The molecule has 0 N–H and O–H groups in total. The van der Waals surface area contributed by atoms with Gasteiger partial charge in [-0.3, -0.25) is 9.97 Å². The number of aromatic nitrogens is 6. The molecular formula is C30H18FeN6-2. The maximum atomic E-state index is 4.82. The molecule has 0 aliphatic carbocycles. The Morgan fingerprint density at radius 2 is 0.865 bits per heavy atom. The van der Waals surface area contributed by atoms with E-state index in [4.69, 9.17) is 29.9 Å². The quantitative estimate of drug-likeness (QED) is 0.260. The van der Waals surface area contributed by atoms with Crippen LogP contribution in [0.3, 0.4) is 0 Å². The summed E-state index contributed by atoms with van der Waals surface area (Å²) in [6, 6.07) is 28.0. The van der Waals surface area contributed by atoms with Crippen molar-refractivity contribution in [3.8, 4) is 22.3 Å². The Morgan fingerprint density at radius 1 is 0.432 bits per heavy atom. The zero-order valence-electron chi connectivity index (χ0n) is 19.4. The van der Waals surface area contributed by atoms with Gasteiger partial charge in [-0.1, -0.05) is 96.2 Å². The van der Waals surface area contributed by atoms with E-state index in [0.717, 1.165) is 44.7 Å². The van der Waals surface area contributed by atoms with Crippen LogP contribution in [0, 0.1) is 0 Å². The van der Waals surface area contributed by atoms with Gasteiger partial charge in [0.25, 0.3) is 0 Å². The molecule has 0 atom stereocenters. The van der Waals surface area contributed by atoms with Crippen LogP contribution >= 0.6 is 0 Å². The Balaban J connectivity index is 0.00000252. The van der Waals surface area contributed by atoms with Gasteiger partial charge < -0.3 is 19.9 Å². The van der Waals surface area contributed by atoms with E-state index in [1.807, 2.05) is 85.0 Å². The van der Waals surface area contributed by atoms with Crippen molar-refractivity contribution >= 4 is 46.6 Å². The van der Waals surface area contributed by atoms with Crippen molar-refractivity contribution in [2.45, 2.75) is 0 Å². The molecule has 0 saturated heterocycles. The topological polar surface area (TPSA) is 79.8 Å². The molecule has 2 aliphatic rings. The minimum atomic E-state index is 0. The average Bonchev–Trinajstić information content (AvgIpc) is 3.72. The van der Waals surface area contributed by atoms with Crippen LogP contribution in [0.25, 0.3) is 68.9 Å². The fourth-order valence-corrected chi connectivity index (χ4v) is 4.51. The molecule has 0 spiro atoms. The normalized spacial score (nSPS) is 11.9. The maximum Gasteiger partial charge on any atom is 0.0714 e. The number of nitrogens with zero attached hydrogens (tertiary/aromatic N) is 6. The molecule has 6 nitrogen and oxygen atoms in total. The van der Waals surface area contributed by atoms with E-state index in [9.17, 15) is 0 Å². The second-order valence-corrected chi connectivity index (χ2v) is 8.46. The molecule has 5 aromatic rings. The second kappa shape index (κ2) is 9.47. The third kappa shape index (κ3) is 4.31. The summed E-state index contributed by atoms with van der Waals surface area (Å²) in [4.78, 5) is 28.7. The number of hydrogen-bond donors (Lipinski definition) is 0. The standard InChI is InChI=1S/C30H18N6.Fe/c1-3-7-19(8-4-1)29-21-11-15-25(31-21)35-27-17-13-23(33-27)30(20-9-5-2-6-10-20)24-14-18-28(34-24)36-26-16-12-22(29)32-26;/h1-18H;/q-2;. The van der Waals surface area contributed by atoms with Gasteiger partial charge >= 0.3 is 0 Å². The summed E-state index contributed by atoms with van der Waals surface area (Å²) < 4.78 is 0. The van der Waals surface area contributed by atoms with Crippen LogP contribution < -0.4 is 9.97 Å². The van der Waals surface area contributed by atoms with Crippen molar-refractivity contribution in [3.05, 3.63) is 108 Å². The van der Waals surface area contributed by atoms with Gasteiger partial charge in [-0.2, -0.15) is 0 Å². The van der Waals surface area contributed by atoms with Gasteiger partial charge in [0.2, 0.25) is 0 Å². The van der Waals surface area contributed by atoms with Crippen LogP contribution in [0.1, 0.15) is 23.0 Å². The van der Waals surface area contributed by atoms with Crippen molar-refractivity contribution in [3.63, 3.8) is 0 Å². The summed E-state index contributed by atoms with van der Waals surface area (Å²) >= 11 is 0. The Kier molecular flexibility index (Phi) is 5.85. The minimum absolute atomic E-state index is 0. The minimum Gasteiger partial charge on any atom is -0.436 e. The molecule has 8 bridgehead atoms. The van der Waals surface area contributed by atoms with Crippen molar-refractivity contribution in [2.24, 2.45) is 0 Å². The maximum absolute atomic E-state index is 4.82. The third-order valence-electron chi connectivity index (χ3n) is 6.11. The first-order valence-electron chi connectivity index (χ1n) is 11.6. The number of hydrogen-bond acceptors (Lipinski definition) is 4. The summed E-state index contributed by atoms with van der Waals surface area (Å²) in [6.45, 7) is 0. The zero-order valence-corrected chi connectivity index (χ0v) is 20.5. The molecule has 2 aliphatic heterocycles. The van der Waals surface area contributed by atoms with Crippen LogP contribution in [0.4, 0.5) is 0 Å². The van der Waals surface area contributed by atoms with Crippen LogP contribution in [0.5, 0.6) is 0 Å². The molecular weight excluding hydrogens is 500 g/mol. The smallest absolute Gasteiger partial charge is 0.0714 e. The zero-order chi connectivity index (χ0) is 23.9. The largest absolute Gasteiger partial charge is 0.436 e. The van der Waals surface area contributed by atoms with Crippen LogP contribution in [0.2, 0.25) is 0 Å². The van der Waals surface area contributed by atoms with Gasteiger partial charge in [0, 0.05) is 28.2 Å². The molecule has 7 rings (SSSR count). The van der Waals surface area contributed by atoms with E-state index in [0.29, 0.717) is 22.9 Å². The molecule has 0 unspecified atom stereocenters. The van der Waals surface area contributed by atoms with Crippen LogP contribution in [-0.2, 0) is 17.1 Å². The fourth-order valence-electron chi connectivity index (χ4n) is 4.51. The van der Waals surface area contributed by atoms with Gasteiger partial charge in [-0.25, -0.2) is 0 Å². The number of fused-ring (bicyclic) bond motifs is 8. The predicted octanol–water partition coefficient (Wildman–Crippen LogP) is 6.04. The van der Waals surface area contributed by atoms with Gasteiger partial charge in [-0.05, 0) is 46.5 Å². The molecule has 3 aromatic heterocycles. The summed E-state index contributed by atoms with van der Waals surface area (Å²) in [5.41, 5.74) is 8.30. The molecule has 5 heterocycles. The Hall–Kier alpha value is -4.58. The van der Waals surface area contributed by atoms with E-state index in [-0.39, 0.29) is 17.1 Å². The molecule has 0 radical (unpaired) electrons. The van der Waals surface area contributed by atoms with E-state index in [1.54, 1.807) is 0 Å². The van der Waals surface area contributed by atoms with Crippen molar-refractivity contribution in [1.82, 2.24) is 29.9 Å². The van der Waals surface area contributed by atoms with Gasteiger partial charge in [0.05, 0.1) is 23.0 Å². The second-order valence-electron chi connectivity index (χ2n) is 8.46. The summed E-state index contributed by atoms with van der Waals surface area (Å²) in [5, 5.41) is 0. The molecule has 2 aromatic carbocycles. The van der Waals surface area contributed by atoms with Gasteiger partial charge in [0.1, 0.15) is 0 Å². The van der Waals surface area contributed by atoms with E-state index >= 15 is 0 Å². The summed E-state index contributed by atoms with van der Waals surface area (Å²) in [7, 11) is 0. The molecule has 0 saturated carbocycles. The predicted molar refractivity (Wildman–Crippen MR) is 143 cm³/mol. The van der Waals surface area contributed by atoms with Crippen molar-refractivity contribution in [1.29, 1.82) is 0 Å². The third-order valence-corrected chi connectivity index (χ3v) is 6.11. The summed E-state index contributed by atoms with van der Waals surface area (Å²) in [5.74, 6) is 1.20. The monoisotopic (exact) mass is 518 g/mol. The molecule has 37 heavy (non-hydrogen) atoms. The number of benzene rings is 2. The Morgan fingerprint density at radius 3 is 1.30 bits per heavy atom. The van der Waals surface area contributed by atoms with Crippen molar-refractivity contribution in [2.75, 3.05) is 0 Å². The van der Waals surface area contributed by atoms with Crippen molar-refractivity contribution < 1.29 is 17.1 Å². The van der Waals surface area contributed by atoms with Gasteiger partial charge in [0.15, 0.2) is 0 Å². The molecule has 0 fully saturated rings. The van der Waals surface area contributed by atoms with E-state index in [1.165, 1.54) is 0 Å². The first kappa shape index (κ1) is 22.9. The van der Waals surface area contributed by atoms with Crippen LogP contribution in [0.15, 0.2) is 84.9 Å². The van der Waals surface area contributed by atoms with E-state index < -0.39 is 0 Å².